The van der Waals surface area contributed by atoms with E-state index in [0.29, 0.717) is 26.3 Å². The number of benzene rings is 1. The highest BCUT2D eigenvalue weighted by molar-refractivity contribution is 9.13. The summed E-state index contributed by atoms with van der Waals surface area (Å²) >= 11 is 7.98. The van der Waals surface area contributed by atoms with E-state index < -0.39 is 0 Å². The first-order valence-electron chi connectivity index (χ1n) is 8.45. The van der Waals surface area contributed by atoms with Crippen molar-refractivity contribution in [3.63, 3.8) is 0 Å². The van der Waals surface area contributed by atoms with E-state index in [1.807, 2.05) is 30.3 Å². The van der Waals surface area contributed by atoms with Gasteiger partial charge in [0.2, 0.25) is 0 Å². The Morgan fingerprint density at radius 3 is 2.66 bits per heavy atom. The van der Waals surface area contributed by atoms with Crippen LogP contribution in [-0.4, -0.2) is 23.1 Å². The smallest absolute Gasteiger partial charge is 0.267 e. The molecule has 0 radical (unpaired) electrons. The second-order valence-corrected chi connectivity index (χ2v) is 8.53. The average Bonchev–Trinajstić information content (AvgIpc) is 3.41. The second kappa shape index (κ2) is 8.64. The van der Waals surface area contributed by atoms with Gasteiger partial charge in [0, 0.05) is 6.08 Å². The third kappa shape index (κ3) is 4.52. The predicted octanol–water partition coefficient (Wildman–Crippen LogP) is 6.21. The van der Waals surface area contributed by atoms with Gasteiger partial charge in [-0.3, -0.25) is 9.69 Å². The summed E-state index contributed by atoms with van der Waals surface area (Å²) in [5.41, 5.74) is 0.718. The number of hydrogen-bond donors (Lipinski definition) is 0. The zero-order valence-electron chi connectivity index (χ0n) is 15.1. The molecule has 0 unspecified atom stereocenters. The molecule has 0 bridgehead atoms. The van der Waals surface area contributed by atoms with Crippen LogP contribution in [0, 0.1) is 0 Å². The molecule has 4 rings (SSSR count). The molecule has 0 spiro atoms. The van der Waals surface area contributed by atoms with E-state index in [4.69, 9.17) is 13.6 Å². The zero-order chi connectivity index (χ0) is 20.4. The maximum Gasteiger partial charge on any atom is 0.267 e. The van der Waals surface area contributed by atoms with Crippen molar-refractivity contribution < 1.29 is 18.4 Å². The van der Waals surface area contributed by atoms with Gasteiger partial charge in [0.05, 0.1) is 35.0 Å². The van der Waals surface area contributed by atoms with Crippen LogP contribution in [0.25, 0.3) is 6.08 Å². The number of ether oxygens (including phenoxy) is 1. The van der Waals surface area contributed by atoms with E-state index in [1.54, 1.807) is 36.5 Å². The minimum atomic E-state index is -0.165. The van der Waals surface area contributed by atoms with Crippen LogP contribution in [0.15, 0.2) is 76.6 Å². The van der Waals surface area contributed by atoms with E-state index in [2.05, 4.69) is 36.9 Å². The summed E-state index contributed by atoms with van der Waals surface area (Å²) in [5.74, 6) is 1.81. The Morgan fingerprint density at radius 1 is 1.24 bits per heavy atom. The van der Waals surface area contributed by atoms with Crippen molar-refractivity contribution in [1.82, 2.24) is 4.90 Å². The third-order valence-electron chi connectivity index (χ3n) is 4.02. The van der Waals surface area contributed by atoms with Gasteiger partial charge < -0.3 is 13.6 Å². The number of nitrogens with zero attached hydrogens (tertiary/aromatic N) is 2. The van der Waals surface area contributed by atoms with Crippen LogP contribution in [0.4, 0.5) is 5.69 Å². The number of aliphatic imine (C=N–C) groups is 1. The first kappa shape index (κ1) is 20.1. The zero-order valence-corrected chi connectivity index (χ0v) is 19.1. The number of methoxy groups -OCH3 is 1. The second-order valence-electron chi connectivity index (χ2n) is 5.94. The fraction of sp³-hybridized carbons (Fsp3) is 0.100. The maximum atomic E-state index is 13.1. The summed E-state index contributed by atoms with van der Waals surface area (Å²) in [6.45, 7) is 0.288. The van der Waals surface area contributed by atoms with Gasteiger partial charge in [-0.25, -0.2) is 4.99 Å². The Labute approximate surface area is 187 Å². The van der Waals surface area contributed by atoms with Crippen molar-refractivity contribution in [3.8, 4) is 5.75 Å². The van der Waals surface area contributed by atoms with Gasteiger partial charge in [-0.1, -0.05) is 0 Å². The molecule has 6 nitrogen and oxygen atoms in total. The first-order chi connectivity index (χ1) is 14.0. The van der Waals surface area contributed by atoms with Gasteiger partial charge in [-0.2, -0.15) is 0 Å². The third-order valence-corrected chi connectivity index (χ3v) is 6.73. The quantitative estimate of drug-likeness (QED) is 0.362. The molecule has 1 aromatic carbocycles. The fourth-order valence-corrected chi connectivity index (χ4v) is 4.21. The maximum absolute atomic E-state index is 13.1. The molecule has 2 aromatic heterocycles. The van der Waals surface area contributed by atoms with Crippen molar-refractivity contribution in [2.24, 2.45) is 4.99 Å². The lowest BCUT2D eigenvalue weighted by Gasteiger charge is -2.13. The molecule has 0 aliphatic carbocycles. The van der Waals surface area contributed by atoms with Gasteiger partial charge in [-0.05, 0) is 86.1 Å². The Morgan fingerprint density at radius 2 is 2.03 bits per heavy atom. The van der Waals surface area contributed by atoms with Gasteiger partial charge in [0.1, 0.15) is 17.3 Å². The number of carbonyl (C=O) groups excluding carboxylic acids is 1. The largest absolute Gasteiger partial charge is 0.497 e. The Balaban J connectivity index is 1.68. The molecule has 3 aromatic rings. The van der Waals surface area contributed by atoms with Gasteiger partial charge >= 0.3 is 0 Å². The Bertz CT molecular complexity index is 1070. The van der Waals surface area contributed by atoms with Crippen molar-refractivity contribution in [2.45, 2.75) is 6.54 Å². The molecule has 0 atom stereocenters. The Kier molecular flexibility index (Phi) is 5.98. The number of carbonyl (C=O) groups is 1. The van der Waals surface area contributed by atoms with Crippen LogP contribution < -0.4 is 4.74 Å². The Hall–Kier alpha value is -2.23. The number of furan rings is 2. The molecule has 29 heavy (non-hydrogen) atoms. The predicted molar refractivity (Wildman–Crippen MR) is 119 cm³/mol. The minimum Gasteiger partial charge on any atom is -0.497 e. The molecule has 148 valence electrons. The number of halogens is 2. The normalized spacial score (nSPS) is 16.9. The van der Waals surface area contributed by atoms with Crippen molar-refractivity contribution in [3.05, 3.63) is 74.3 Å². The monoisotopic (exact) mass is 536 g/mol. The molecule has 3 heterocycles. The molecular weight excluding hydrogens is 524 g/mol. The molecule has 1 aliphatic rings. The van der Waals surface area contributed by atoms with Crippen molar-refractivity contribution >= 4 is 66.5 Å². The van der Waals surface area contributed by atoms with Crippen LogP contribution >= 0.6 is 43.6 Å². The summed E-state index contributed by atoms with van der Waals surface area (Å²) in [7, 11) is 1.61. The molecule has 1 aliphatic heterocycles. The van der Waals surface area contributed by atoms with Crippen LogP contribution in [0.1, 0.15) is 11.5 Å². The van der Waals surface area contributed by atoms with Crippen molar-refractivity contribution in [2.75, 3.05) is 7.11 Å². The molecule has 1 fully saturated rings. The van der Waals surface area contributed by atoms with E-state index in [0.717, 1.165) is 15.9 Å². The lowest BCUT2D eigenvalue weighted by molar-refractivity contribution is -0.122. The van der Waals surface area contributed by atoms with Gasteiger partial charge in [0.25, 0.3) is 5.91 Å². The number of hydrogen-bond acceptors (Lipinski definition) is 6. The lowest BCUT2D eigenvalue weighted by Crippen LogP contribution is -2.28. The summed E-state index contributed by atoms with van der Waals surface area (Å²) < 4.78 is 17.5. The van der Waals surface area contributed by atoms with Crippen LogP contribution in [0.2, 0.25) is 0 Å². The molecule has 1 amide bonds. The van der Waals surface area contributed by atoms with E-state index in [9.17, 15) is 4.79 Å². The summed E-state index contributed by atoms with van der Waals surface area (Å²) in [6, 6.07) is 12.7. The topological polar surface area (TPSA) is 68.2 Å². The van der Waals surface area contributed by atoms with E-state index >= 15 is 0 Å². The van der Waals surface area contributed by atoms with Crippen LogP contribution in [0.5, 0.6) is 5.75 Å². The highest BCUT2D eigenvalue weighted by Crippen LogP contribution is 2.37. The number of thioether (sulfide) groups is 1. The standard InChI is InChI=1S/C20H14Br2N2O4S/c1-26-13-6-4-12(5-7-13)23-20-24(11-14-3-2-8-27-14)19(25)17(29-20)10-15-9-16(21)18(22)28-15/h2-10H,11H2,1H3/b17-10-,23-20?. The summed E-state index contributed by atoms with van der Waals surface area (Å²) in [4.78, 5) is 19.8. The molecular formula is C20H14Br2N2O4S. The highest BCUT2D eigenvalue weighted by atomic mass is 79.9. The van der Waals surface area contributed by atoms with Gasteiger partial charge in [-0.15, -0.1) is 0 Å². The summed E-state index contributed by atoms with van der Waals surface area (Å²) in [5, 5.41) is 0.563. The summed E-state index contributed by atoms with van der Waals surface area (Å²) in [6.07, 6.45) is 3.28. The lowest BCUT2D eigenvalue weighted by atomic mass is 10.3. The number of amidine groups is 1. The molecule has 1 saturated heterocycles. The number of rotatable bonds is 5. The molecule has 0 N–H and O–H groups in total. The SMILES string of the molecule is COc1ccc(N=C2S/C(=C\c3cc(Br)c(Br)o3)C(=O)N2Cc2ccco2)cc1. The minimum absolute atomic E-state index is 0.165. The van der Waals surface area contributed by atoms with Crippen LogP contribution in [-0.2, 0) is 11.3 Å². The molecule has 0 saturated carbocycles. The average molecular weight is 538 g/mol. The first-order valence-corrected chi connectivity index (χ1v) is 10.8. The fourth-order valence-electron chi connectivity index (χ4n) is 2.62. The molecule has 9 heteroatoms. The van der Waals surface area contributed by atoms with Crippen molar-refractivity contribution in [1.29, 1.82) is 0 Å². The number of amides is 1. The van der Waals surface area contributed by atoms with E-state index in [-0.39, 0.29) is 12.5 Å². The van der Waals surface area contributed by atoms with Crippen LogP contribution in [0.3, 0.4) is 0 Å². The highest BCUT2D eigenvalue weighted by Gasteiger charge is 2.34. The van der Waals surface area contributed by atoms with Gasteiger partial charge in [0.15, 0.2) is 9.84 Å². The van der Waals surface area contributed by atoms with E-state index in [1.165, 1.54) is 11.8 Å².